The SMILES string of the molecule is Cc1ccc(-c2cc(-c3ccc(C)c(C)c3)n(Cn3cc([N+](=O)[O-])cn3)n2)cc1C. The summed E-state index contributed by atoms with van der Waals surface area (Å²) >= 11 is 0. The van der Waals surface area contributed by atoms with Gasteiger partial charge >= 0.3 is 5.69 Å². The molecule has 4 rings (SSSR count). The van der Waals surface area contributed by atoms with E-state index in [0.29, 0.717) is 0 Å². The minimum Gasteiger partial charge on any atom is -0.258 e. The second-order valence-corrected chi connectivity index (χ2v) is 7.65. The van der Waals surface area contributed by atoms with Crippen LogP contribution in [-0.4, -0.2) is 24.5 Å². The molecule has 0 saturated heterocycles. The summed E-state index contributed by atoms with van der Waals surface area (Å²) in [6, 6.07) is 14.7. The lowest BCUT2D eigenvalue weighted by Gasteiger charge is -2.09. The largest absolute Gasteiger partial charge is 0.307 e. The molecule has 0 aliphatic carbocycles. The quantitative estimate of drug-likeness (QED) is 0.346. The average molecular weight is 401 g/mol. The zero-order chi connectivity index (χ0) is 21.4. The predicted octanol–water partition coefficient (Wildman–Crippen LogP) is 5.06. The standard InChI is InChI=1S/C23H23N5O2/c1-15-5-7-19(9-17(15)3)22-11-23(20-8-6-16(2)18(4)10-20)27(25-22)14-26-13-21(12-24-26)28(29)30/h5-13H,14H2,1-4H3. The van der Waals surface area contributed by atoms with Gasteiger partial charge in [0.1, 0.15) is 19.1 Å². The highest BCUT2D eigenvalue weighted by Gasteiger charge is 2.15. The maximum absolute atomic E-state index is 11.0. The van der Waals surface area contributed by atoms with Gasteiger partial charge in [0, 0.05) is 11.1 Å². The molecule has 0 N–H and O–H groups in total. The van der Waals surface area contributed by atoms with E-state index in [1.165, 1.54) is 39.3 Å². The molecule has 0 unspecified atom stereocenters. The summed E-state index contributed by atoms with van der Waals surface area (Å²) in [6.45, 7) is 8.62. The maximum Gasteiger partial charge on any atom is 0.307 e. The van der Waals surface area contributed by atoms with Gasteiger partial charge in [0.15, 0.2) is 0 Å². The Bertz CT molecular complexity index is 1250. The van der Waals surface area contributed by atoms with Gasteiger partial charge in [0.2, 0.25) is 0 Å². The van der Waals surface area contributed by atoms with E-state index in [4.69, 9.17) is 5.10 Å². The second-order valence-electron chi connectivity index (χ2n) is 7.65. The molecule has 152 valence electrons. The van der Waals surface area contributed by atoms with Crippen molar-refractivity contribution in [2.45, 2.75) is 34.4 Å². The van der Waals surface area contributed by atoms with Crippen molar-refractivity contribution in [3.05, 3.63) is 87.2 Å². The van der Waals surface area contributed by atoms with Crippen LogP contribution in [-0.2, 0) is 6.67 Å². The third kappa shape index (κ3) is 3.74. The van der Waals surface area contributed by atoms with Crippen molar-refractivity contribution in [3.8, 4) is 22.5 Å². The Morgan fingerprint density at radius 1 is 0.900 bits per heavy atom. The fourth-order valence-corrected chi connectivity index (χ4v) is 3.36. The number of benzene rings is 2. The van der Waals surface area contributed by atoms with Crippen molar-refractivity contribution in [1.29, 1.82) is 0 Å². The number of nitrogens with zero attached hydrogens (tertiary/aromatic N) is 5. The van der Waals surface area contributed by atoms with Crippen LogP contribution in [0.1, 0.15) is 22.3 Å². The van der Waals surface area contributed by atoms with E-state index in [1.807, 2.05) is 4.68 Å². The highest BCUT2D eigenvalue weighted by atomic mass is 16.6. The van der Waals surface area contributed by atoms with Crippen LogP contribution in [0.15, 0.2) is 54.9 Å². The molecule has 0 bridgehead atoms. The van der Waals surface area contributed by atoms with Gasteiger partial charge in [0.05, 0.1) is 16.3 Å². The van der Waals surface area contributed by atoms with Crippen molar-refractivity contribution >= 4 is 5.69 Å². The normalized spacial score (nSPS) is 11.1. The third-order valence-corrected chi connectivity index (χ3v) is 5.49. The number of aryl methyl sites for hydroxylation is 4. The van der Waals surface area contributed by atoms with E-state index in [9.17, 15) is 10.1 Å². The first-order valence-corrected chi connectivity index (χ1v) is 9.72. The smallest absolute Gasteiger partial charge is 0.258 e. The molecule has 30 heavy (non-hydrogen) atoms. The van der Waals surface area contributed by atoms with Gasteiger partial charge in [-0.25, -0.2) is 9.36 Å². The molecular formula is C23H23N5O2. The zero-order valence-electron chi connectivity index (χ0n) is 17.5. The summed E-state index contributed by atoms with van der Waals surface area (Å²) in [5.74, 6) is 0. The van der Waals surface area contributed by atoms with Crippen LogP contribution in [0.2, 0.25) is 0 Å². The van der Waals surface area contributed by atoms with Crippen LogP contribution in [0.4, 0.5) is 5.69 Å². The Morgan fingerprint density at radius 3 is 2.13 bits per heavy atom. The van der Waals surface area contributed by atoms with Gasteiger partial charge in [-0.05, 0) is 68.1 Å². The summed E-state index contributed by atoms with van der Waals surface area (Å²) in [4.78, 5) is 10.6. The number of rotatable bonds is 5. The molecule has 0 atom stereocenters. The topological polar surface area (TPSA) is 78.8 Å². The molecule has 0 radical (unpaired) electrons. The Labute approximate surface area is 174 Å². The van der Waals surface area contributed by atoms with Crippen molar-refractivity contribution < 1.29 is 4.92 Å². The minimum absolute atomic E-state index is 0.0377. The van der Waals surface area contributed by atoms with E-state index < -0.39 is 4.92 Å². The maximum atomic E-state index is 11.0. The number of hydrogen-bond acceptors (Lipinski definition) is 4. The Hall–Kier alpha value is -3.74. The first kappa shape index (κ1) is 19.6. The molecular weight excluding hydrogens is 378 g/mol. The lowest BCUT2D eigenvalue weighted by Crippen LogP contribution is -2.11. The summed E-state index contributed by atoms with van der Waals surface area (Å²) in [5, 5.41) is 19.9. The highest BCUT2D eigenvalue weighted by Crippen LogP contribution is 2.29. The predicted molar refractivity (Wildman–Crippen MR) is 116 cm³/mol. The molecule has 0 aliphatic heterocycles. The molecule has 4 aromatic rings. The van der Waals surface area contributed by atoms with Gasteiger partial charge in [-0.3, -0.25) is 10.1 Å². The molecule has 2 aromatic carbocycles. The van der Waals surface area contributed by atoms with Crippen molar-refractivity contribution in [1.82, 2.24) is 19.6 Å². The molecule has 0 spiro atoms. The Kier molecular flexibility index (Phi) is 4.95. The average Bonchev–Trinajstić information content (AvgIpc) is 3.34. The third-order valence-electron chi connectivity index (χ3n) is 5.49. The molecule has 0 fully saturated rings. The van der Waals surface area contributed by atoms with Crippen LogP contribution in [0.3, 0.4) is 0 Å². The van der Waals surface area contributed by atoms with Crippen LogP contribution in [0, 0.1) is 37.8 Å². The van der Waals surface area contributed by atoms with Crippen molar-refractivity contribution in [2.24, 2.45) is 0 Å². The van der Waals surface area contributed by atoms with Crippen LogP contribution < -0.4 is 0 Å². The highest BCUT2D eigenvalue weighted by molar-refractivity contribution is 5.70. The summed E-state index contributed by atoms with van der Waals surface area (Å²) in [6.07, 6.45) is 2.67. The molecule has 0 saturated carbocycles. The molecule has 7 nitrogen and oxygen atoms in total. The molecule has 7 heteroatoms. The monoisotopic (exact) mass is 401 g/mol. The molecule has 2 heterocycles. The second kappa shape index (κ2) is 7.59. The molecule has 0 aliphatic rings. The Morgan fingerprint density at radius 2 is 1.53 bits per heavy atom. The number of nitro groups is 1. The molecule has 0 amide bonds. The van der Waals surface area contributed by atoms with Gasteiger partial charge in [0.25, 0.3) is 0 Å². The van der Waals surface area contributed by atoms with E-state index in [0.717, 1.165) is 22.5 Å². The molecule has 2 aromatic heterocycles. The summed E-state index contributed by atoms with van der Waals surface area (Å²) < 4.78 is 3.37. The zero-order valence-corrected chi connectivity index (χ0v) is 17.5. The van der Waals surface area contributed by atoms with E-state index in [-0.39, 0.29) is 12.4 Å². The fourth-order valence-electron chi connectivity index (χ4n) is 3.36. The lowest BCUT2D eigenvalue weighted by molar-refractivity contribution is -0.385. The first-order chi connectivity index (χ1) is 14.3. The van der Waals surface area contributed by atoms with Crippen LogP contribution in [0.5, 0.6) is 0 Å². The van der Waals surface area contributed by atoms with Crippen molar-refractivity contribution in [2.75, 3.05) is 0 Å². The summed E-state index contributed by atoms with van der Waals surface area (Å²) in [5.41, 5.74) is 8.69. The van der Waals surface area contributed by atoms with E-state index in [1.54, 1.807) is 0 Å². The van der Waals surface area contributed by atoms with Crippen LogP contribution in [0.25, 0.3) is 22.5 Å². The number of aromatic nitrogens is 4. The Balaban J connectivity index is 1.80. The van der Waals surface area contributed by atoms with Crippen LogP contribution >= 0.6 is 0 Å². The lowest BCUT2D eigenvalue weighted by atomic mass is 10.0. The van der Waals surface area contributed by atoms with Gasteiger partial charge in [-0.15, -0.1) is 0 Å². The van der Waals surface area contributed by atoms with Gasteiger partial charge in [-0.2, -0.15) is 10.2 Å². The van der Waals surface area contributed by atoms with E-state index >= 15 is 0 Å². The van der Waals surface area contributed by atoms with Crippen molar-refractivity contribution in [3.63, 3.8) is 0 Å². The minimum atomic E-state index is -0.447. The summed E-state index contributed by atoms with van der Waals surface area (Å²) in [7, 11) is 0. The van der Waals surface area contributed by atoms with E-state index in [2.05, 4.69) is 75.3 Å². The number of hydrogen-bond donors (Lipinski definition) is 0. The first-order valence-electron chi connectivity index (χ1n) is 9.72. The fraction of sp³-hybridized carbons (Fsp3) is 0.217. The van der Waals surface area contributed by atoms with Gasteiger partial charge in [-0.1, -0.05) is 24.3 Å². The van der Waals surface area contributed by atoms with Gasteiger partial charge < -0.3 is 0 Å².